The highest BCUT2D eigenvalue weighted by Gasteiger charge is 2.08. The number of aromatic nitrogens is 2. The second-order valence-corrected chi connectivity index (χ2v) is 5.75. The number of nitriles is 1. The smallest absolute Gasteiger partial charge is 0.149 e. The lowest BCUT2D eigenvalue weighted by atomic mass is 10.1. The molecular weight excluding hydrogens is 354 g/mol. The highest BCUT2D eigenvalue weighted by atomic mass is 79.9. The minimum Gasteiger partial charge on any atom is -0.493 e. The molecule has 4 nitrogen and oxygen atoms in total. The van der Waals surface area contributed by atoms with E-state index in [1.165, 1.54) is 0 Å². The van der Waals surface area contributed by atoms with Gasteiger partial charge in [0, 0.05) is 0 Å². The van der Waals surface area contributed by atoms with Crippen molar-refractivity contribution in [2.45, 2.75) is 6.92 Å². The van der Waals surface area contributed by atoms with Crippen LogP contribution in [-0.4, -0.2) is 16.6 Å². The fourth-order valence-electron chi connectivity index (χ4n) is 2.28. The van der Waals surface area contributed by atoms with Crippen molar-refractivity contribution in [3.8, 4) is 11.8 Å². The number of aromatic amines is 1. The van der Waals surface area contributed by atoms with Crippen LogP contribution in [0.1, 0.15) is 18.3 Å². The monoisotopic (exact) mass is 367 g/mol. The van der Waals surface area contributed by atoms with Crippen molar-refractivity contribution in [1.82, 2.24) is 9.97 Å². The van der Waals surface area contributed by atoms with Crippen LogP contribution in [0.25, 0.3) is 22.7 Å². The summed E-state index contributed by atoms with van der Waals surface area (Å²) in [7, 11) is 0. The van der Waals surface area contributed by atoms with Gasteiger partial charge in [-0.05, 0) is 58.8 Å². The number of benzene rings is 2. The Morgan fingerprint density at radius 1 is 1.35 bits per heavy atom. The van der Waals surface area contributed by atoms with Crippen LogP contribution in [0.5, 0.6) is 5.75 Å². The van der Waals surface area contributed by atoms with Crippen molar-refractivity contribution in [3.63, 3.8) is 0 Å². The summed E-state index contributed by atoms with van der Waals surface area (Å²) in [4.78, 5) is 7.64. The molecule has 0 unspecified atom stereocenters. The molecule has 0 atom stereocenters. The Labute approximate surface area is 142 Å². The molecule has 1 heterocycles. The van der Waals surface area contributed by atoms with Gasteiger partial charge in [0.2, 0.25) is 0 Å². The Morgan fingerprint density at radius 3 is 2.87 bits per heavy atom. The second kappa shape index (κ2) is 6.67. The van der Waals surface area contributed by atoms with Crippen LogP contribution in [0.15, 0.2) is 46.9 Å². The van der Waals surface area contributed by atoms with Gasteiger partial charge in [0.15, 0.2) is 0 Å². The molecule has 0 aliphatic rings. The van der Waals surface area contributed by atoms with Crippen molar-refractivity contribution in [3.05, 3.63) is 58.3 Å². The van der Waals surface area contributed by atoms with Crippen molar-refractivity contribution in [2.75, 3.05) is 6.61 Å². The first kappa shape index (κ1) is 15.3. The molecule has 1 aromatic heterocycles. The zero-order chi connectivity index (χ0) is 16.2. The number of H-pyrrole nitrogens is 1. The topological polar surface area (TPSA) is 61.7 Å². The first-order valence-electron chi connectivity index (χ1n) is 7.20. The van der Waals surface area contributed by atoms with Gasteiger partial charge in [0.05, 0.1) is 27.7 Å². The molecule has 0 spiro atoms. The zero-order valence-electron chi connectivity index (χ0n) is 12.5. The maximum absolute atomic E-state index is 9.46. The van der Waals surface area contributed by atoms with Gasteiger partial charge >= 0.3 is 0 Å². The molecule has 23 heavy (non-hydrogen) atoms. The molecule has 0 aliphatic heterocycles. The molecule has 0 radical (unpaired) electrons. The predicted octanol–water partition coefficient (Wildman–Crippen LogP) is 4.79. The third-order valence-electron chi connectivity index (χ3n) is 3.33. The summed E-state index contributed by atoms with van der Waals surface area (Å²) in [5.41, 5.74) is 3.14. The summed E-state index contributed by atoms with van der Waals surface area (Å²) in [5.74, 6) is 1.35. The molecule has 0 fully saturated rings. The first-order chi connectivity index (χ1) is 11.2. The van der Waals surface area contributed by atoms with Gasteiger partial charge < -0.3 is 9.72 Å². The lowest BCUT2D eigenvalue weighted by Crippen LogP contribution is -1.92. The van der Waals surface area contributed by atoms with E-state index in [4.69, 9.17) is 4.74 Å². The summed E-state index contributed by atoms with van der Waals surface area (Å²) in [6.07, 6.45) is 1.80. The molecule has 0 saturated carbocycles. The van der Waals surface area contributed by atoms with E-state index in [0.717, 1.165) is 26.8 Å². The van der Waals surface area contributed by atoms with E-state index >= 15 is 0 Å². The minimum atomic E-state index is 0.484. The molecule has 0 saturated heterocycles. The third-order valence-corrected chi connectivity index (χ3v) is 3.95. The molecule has 0 aliphatic carbocycles. The van der Waals surface area contributed by atoms with Crippen molar-refractivity contribution in [2.24, 2.45) is 0 Å². The highest BCUT2D eigenvalue weighted by molar-refractivity contribution is 9.10. The average molecular weight is 368 g/mol. The van der Waals surface area contributed by atoms with E-state index in [-0.39, 0.29) is 0 Å². The van der Waals surface area contributed by atoms with Crippen molar-refractivity contribution < 1.29 is 4.74 Å². The summed E-state index contributed by atoms with van der Waals surface area (Å²) < 4.78 is 6.35. The van der Waals surface area contributed by atoms with Crippen LogP contribution >= 0.6 is 15.9 Å². The molecule has 0 amide bonds. The lowest BCUT2D eigenvalue weighted by molar-refractivity contribution is 0.338. The molecule has 3 aromatic rings. The number of para-hydroxylation sites is 2. The van der Waals surface area contributed by atoms with Gasteiger partial charge in [0.25, 0.3) is 0 Å². The van der Waals surface area contributed by atoms with E-state index < -0.39 is 0 Å². The van der Waals surface area contributed by atoms with E-state index in [0.29, 0.717) is 18.0 Å². The quantitative estimate of drug-likeness (QED) is 0.674. The highest BCUT2D eigenvalue weighted by Crippen LogP contribution is 2.28. The third kappa shape index (κ3) is 3.27. The Hall–Kier alpha value is -2.58. The molecule has 1 N–H and O–H groups in total. The molecule has 0 bridgehead atoms. The van der Waals surface area contributed by atoms with Crippen LogP contribution in [0, 0.1) is 11.3 Å². The molecule has 5 heteroatoms. The minimum absolute atomic E-state index is 0.484. The van der Waals surface area contributed by atoms with Crippen LogP contribution in [0.3, 0.4) is 0 Å². The van der Waals surface area contributed by atoms with E-state index in [1.807, 2.05) is 49.4 Å². The maximum atomic E-state index is 9.46. The average Bonchev–Trinajstić information content (AvgIpc) is 2.99. The van der Waals surface area contributed by atoms with Gasteiger partial charge in [-0.25, -0.2) is 4.98 Å². The van der Waals surface area contributed by atoms with Gasteiger partial charge in [-0.3, -0.25) is 0 Å². The SMILES string of the molecule is CCOc1ccc(C=C(C#N)c2nc3ccccc3[nH]2)cc1Br. The summed E-state index contributed by atoms with van der Waals surface area (Å²) in [6, 6.07) is 15.6. The summed E-state index contributed by atoms with van der Waals surface area (Å²) in [5, 5.41) is 9.46. The van der Waals surface area contributed by atoms with Gasteiger partial charge in [-0.1, -0.05) is 18.2 Å². The number of nitrogens with zero attached hydrogens (tertiary/aromatic N) is 2. The number of hydrogen-bond acceptors (Lipinski definition) is 3. The van der Waals surface area contributed by atoms with E-state index in [9.17, 15) is 5.26 Å². The van der Waals surface area contributed by atoms with Crippen LogP contribution < -0.4 is 4.74 Å². The largest absolute Gasteiger partial charge is 0.493 e. The summed E-state index contributed by atoms with van der Waals surface area (Å²) >= 11 is 3.48. The standard InChI is InChI=1S/C18H14BrN3O/c1-2-23-17-8-7-12(10-14(17)19)9-13(11-20)18-21-15-5-3-4-6-16(15)22-18/h3-10H,2H2,1H3,(H,21,22). The zero-order valence-corrected chi connectivity index (χ0v) is 14.1. The van der Waals surface area contributed by atoms with Gasteiger partial charge in [0.1, 0.15) is 17.6 Å². The molecule has 3 rings (SSSR count). The number of allylic oxidation sites excluding steroid dienone is 1. The van der Waals surface area contributed by atoms with Gasteiger partial charge in [-0.2, -0.15) is 5.26 Å². The fourth-order valence-corrected chi connectivity index (χ4v) is 2.79. The number of fused-ring (bicyclic) bond motifs is 1. The number of imidazole rings is 1. The first-order valence-corrected chi connectivity index (χ1v) is 8.00. The number of halogens is 1. The normalized spacial score (nSPS) is 11.4. The lowest BCUT2D eigenvalue weighted by Gasteiger charge is -2.06. The molecule has 2 aromatic carbocycles. The Kier molecular flexibility index (Phi) is 4.45. The number of ether oxygens (including phenoxy) is 1. The van der Waals surface area contributed by atoms with Crippen molar-refractivity contribution >= 4 is 38.6 Å². The van der Waals surface area contributed by atoms with Crippen LogP contribution in [0.4, 0.5) is 0 Å². The predicted molar refractivity (Wildman–Crippen MR) is 94.9 cm³/mol. The van der Waals surface area contributed by atoms with E-state index in [1.54, 1.807) is 6.08 Å². The maximum Gasteiger partial charge on any atom is 0.149 e. The summed E-state index contributed by atoms with van der Waals surface area (Å²) in [6.45, 7) is 2.55. The molecular formula is C18H14BrN3O. The fraction of sp³-hybridized carbons (Fsp3) is 0.111. The van der Waals surface area contributed by atoms with Crippen molar-refractivity contribution in [1.29, 1.82) is 5.26 Å². The van der Waals surface area contributed by atoms with Gasteiger partial charge in [-0.15, -0.1) is 0 Å². The Balaban J connectivity index is 1.98. The van der Waals surface area contributed by atoms with Crippen LogP contribution in [-0.2, 0) is 0 Å². The number of nitrogens with one attached hydrogen (secondary N) is 1. The Bertz CT molecular complexity index is 888. The van der Waals surface area contributed by atoms with Crippen LogP contribution in [0.2, 0.25) is 0 Å². The number of rotatable bonds is 4. The number of hydrogen-bond donors (Lipinski definition) is 1. The second-order valence-electron chi connectivity index (χ2n) is 4.90. The molecule has 114 valence electrons. The Morgan fingerprint density at radius 2 is 2.17 bits per heavy atom. The van der Waals surface area contributed by atoms with E-state index in [2.05, 4.69) is 32.0 Å².